The maximum absolute atomic E-state index is 5.33. The second-order valence-corrected chi connectivity index (χ2v) is 2.81. The average molecular weight is 158 g/mol. The molecule has 0 aromatic heterocycles. The summed E-state index contributed by atoms with van der Waals surface area (Å²) < 4.78 is 10.3. The lowest BCUT2D eigenvalue weighted by molar-refractivity contribution is 0.0638. The average Bonchev–Trinajstić information content (AvgIpc) is 2.31. The van der Waals surface area contributed by atoms with Crippen LogP contribution < -0.4 is 5.73 Å². The summed E-state index contributed by atoms with van der Waals surface area (Å²) in [7, 11) is 0. The van der Waals surface area contributed by atoms with Crippen molar-refractivity contribution in [1.82, 2.24) is 0 Å². The van der Waals surface area contributed by atoms with Gasteiger partial charge in [0.2, 0.25) is 0 Å². The van der Waals surface area contributed by atoms with Gasteiger partial charge in [-0.15, -0.1) is 0 Å². The summed E-state index contributed by atoms with van der Waals surface area (Å²) >= 11 is 0. The largest absolute Gasteiger partial charge is 0.463 e. The van der Waals surface area contributed by atoms with Crippen molar-refractivity contribution >= 4 is 6.02 Å². The Hall–Kier alpha value is -0.770. The summed E-state index contributed by atoms with van der Waals surface area (Å²) in [5.41, 5.74) is 5.30. The summed E-state index contributed by atoms with van der Waals surface area (Å²) in [5, 5.41) is 0. The lowest BCUT2D eigenvalue weighted by atomic mass is 10.3. The second-order valence-electron chi connectivity index (χ2n) is 2.81. The number of aliphatic imine (C=N–C) groups is 1. The van der Waals surface area contributed by atoms with Crippen LogP contribution in [0.5, 0.6) is 0 Å². The van der Waals surface area contributed by atoms with Gasteiger partial charge in [0.25, 0.3) is 6.02 Å². The van der Waals surface area contributed by atoms with Crippen LogP contribution in [0, 0.1) is 0 Å². The van der Waals surface area contributed by atoms with Crippen molar-refractivity contribution in [2.24, 2.45) is 10.7 Å². The van der Waals surface area contributed by atoms with E-state index in [0.717, 1.165) is 0 Å². The van der Waals surface area contributed by atoms with Crippen LogP contribution in [0.1, 0.15) is 13.8 Å². The Morgan fingerprint density at radius 2 is 2.55 bits per heavy atom. The van der Waals surface area contributed by atoms with Crippen LogP contribution in [-0.4, -0.2) is 31.4 Å². The third-order valence-corrected chi connectivity index (χ3v) is 1.36. The monoisotopic (exact) mass is 158 g/mol. The lowest BCUT2D eigenvalue weighted by Crippen LogP contribution is -2.17. The highest BCUT2D eigenvalue weighted by Gasteiger charge is 2.16. The zero-order valence-electron chi connectivity index (χ0n) is 6.91. The third-order valence-electron chi connectivity index (χ3n) is 1.36. The third kappa shape index (κ3) is 2.76. The first-order valence-electron chi connectivity index (χ1n) is 3.76. The molecule has 0 aromatic carbocycles. The normalized spacial score (nSPS) is 23.5. The van der Waals surface area contributed by atoms with E-state index in [1.807, 2.05) is 13.8 Å². The molecule has 0 saturated heterocycles. The molecule has 64 valence electrons. The van der Waals surface area contributed by atoms with Gasteiger partial charge in [-0.3, -0.25) is 0 Å². The van der Waals surface area contributed by atoms with Crippen LogP contribution in [-0.2, 0) is 9.47 Å². The zero-order chi connectivity index (χ0) is 8.27. The van der Waals surface area contributed by atoms with Crippen LogP contribution in [0.25, 0.3) is 0 Å². The maximum atomic E-state index is 5.33. The van der Waals surface area contributed by atoms with E-state index in [4.69, 9.17) is 15.2 Å². The van der Waals surface area contributed by atoms with Gasteiger partial charge >= 0.3 is 0 Å². The van der Waals surface area contributed by atoms with E-state index in [1.54, 1.807) is 0 Å². The van der Waals surface area contributed by atoms with E-state index in [2.05, 4.69) is 4.99 Å². The topological polar surface area (TPSA) is 56.8 Å². The molecule has 1 rings (SSSR count). The molecule has 0 radical (unpaired) electrons. The molecule has 0 fully saturated rings. The Bertz CT molecular complexity index is 157. The van der Waals surface area contributed by atoms with E-state index in [-0.39, 0.29) is 18.2 Å². The van der Waals surface area contributed by atoms with E-state index in [0.29, 0.717) is 13.2 Å². The number of ether oxygens (including phenoxy) is 2. The molecule has 0 spiro atoms. The highest BCUT2D eigenvalue weighted by Crippen LogP contribution is 2.03. The van der Waals surface area contributed by atoms with Gasteiger partial charge in [-0.2, -0.15) is 0 Å². The molecule has 0 bridgehead atoms. The molecule has 0 saturated carbocycles. The fourth-order valence-corrected chi connectivity index (χ4v) is 0.825. The fraction of sp³-hybridized carbons (Fsp3) is 0.857. The molecule has 1 atom stereocenters. The van der Waals surface area contributed by atoms with Crippen molar-refractivity contribution in [3.05, 3.63) is 0 Å². The molecule has 2 N–H and O–H groups in total. The maximum Gasteiger partial charge on any atom is 0.282 e. The summed E-state index contributed by atoms with van der Waals surface area (Å²) in [5.74, 6) is 0. The number of hydrogen-bond acceptors (Lipinski definition) is 4. The van der Waals surface area contributed by atoms with Crippen molar-refractivity contribution in [3.8, 4) is 0 Å². The number of nitrogens with two attached hydrogens (primary N) is 1. The van der Waals surface area contributed by atoms with Gasteiger partial charge in [-0.1, -0.05) is 0 Å². The minimum absolute atomic E-state index is 0.0948. The molecule has 11 heavy (non-hydrogen) atoms. The number of hydrogen-bond donors (Lipinski definition) is 1. The van der Waals surface area contributed by atoms with Crippen LogP contribution in [0.2, 0.25) is 0 Å². The fourth-order valence-electron chi connectivity index (χ4n) is 0.825. The first-order valence-corrected chi connectivity index (χ1v) is 3.76. The lowest BCUT2D eigenvalue weighted by Gasteiger charge is -2.08. The molecule has 0 amide bonds. The summed E-state index contributed by atoms with van der Waals surface area (Å²) in [6.45, 7) is 5.13. The van der Waals surface area contributed by atoms with Crippen LogP contribution in [0.15, 0.2) is 4.99 Å². The van der Waals surface area contributed by atoms with Gasteiger partial charge in [0.1, 0.15) is 12.6 Å². The van der Waals surface area contributed by atoms with Gasteiger partial charge in [-0.05, 0) is 13.8 Å². The molecule has 1 heterocycles. The van der Waals surface area contributed by atoms with Crippen LogP contribution >= 0.6 is 0 Å². The van der Waals surface area contributed by atoms with Crippen molar-refractivity contribution < 1.29 is 9.47 Å². The second kappa shape index (κ2) is 3.57. The van der Waals surface area contributed by atoms with Crippen molar-refractivity contribution in [2.45, 2.75) is 26.0 Å². The van der Waals surface area contributed by atoms with E-state index in [1.165, 1.54) is 0 Å². The Kier molecular flexibility index (Phi) is 2.70. The molecule has 1 aliphatic heterocycles. The van der Waals surface area contributed by atoms with Crippen LogP contribution in [0.3, 0.4) is 0 Å². The molecule has 0 aliphatic carbocycles. The molecule has 4 nitrogen and oxygen atoms in total. The molecule has 0 aromatic rings. The molecule has 4 heteroatoms. The number of amidine groups is 1. The van der Waals surface area contributed by atoms with E-state index < -0.39 is 0 Å². The van der Waals surface area contributed by atoms with Gasteiger partial charge in [0.15, 0.2) is 0 Å². The molecule has 0 unspecified atom stereocenters. The van der Waals surface area contributed by atoms with Gasteiger partial charge < -0.3 is 15.2 Å². The molecule has 1 aliphatic rings. The quantitative estimate of drug-likeness (QED) is 0.635. The summed E-state index contributed by atoms with van der Waals surface area (Å²) in [4.78, 5) is 4.01. The highest BCUT2D eigenvalue weighted by molar-refractivity contribution is 5.73. The van der Waals surface area contributed by atoms with Crippen molar-refractivity contribution in [1.29, 1.82) is 0 Å². The van der Waals surface area contributed by atoms with Crippen molar-refractivity contribution in [2.75, 3.05) is 13.2 Å². The van der Waals surface area contributed by atoms with E-state index >= 15 is 0 Å². The van der Waals surface area contributed by atoms with Gasteiger partial charge in [0, 0.05) is 0 Å². The van der Waals surface area contributed by atoms with E-state index in [9.17, 15) is 0 Å². The van der Waals surface area contributed by atoms with Crippen LogP contribution in [0.4, 0.5) is 0 Å². The Morgan fingerprint density at radius 1 is 1.82 bits per heavy atom. The SMILES string of the molecule is CC(C)OC[C@H]1COC(N)=N1. The van der Waals surface area contributed by atoms with Gasteiger partial charge in [0.05, 0.1) is 12.7 Å². The van der Waals surface area contributed by atoms with Crippen molar-refractivity contribution in [3.63, 3.8) is 0 Å². The number of rotatable bonds is 3. The zero-order valence-corrected chi connectivity index (χ0v) is 6.91. The summed E-state index contributed by atoms with van der Waals surface area (Å²) in [6, 6.07) is 0.375. The molecular formula is C7H14N2O2. The Morgan fingerprint density at radius 3 is 3.00 bits per heavy atom. The van der Waals surface area contributed by atoms with Gasteiger partial charge in [-0.25, -0.2) is 4.99 Å². The Labute approximate surface area is 66.4 Å². The molecular weight excluding hydrogens is 144 g/mol. The summed E-state index contributed by atoms with van der Waals surface area (Å²) in [6.07, 6.45) is 0.243. The standard InChI is InChI=1S/C7H14N2O2/c1-5(2)10-3-6-4-11-7(8)9-6/h5-6H,3-4H2,1-2H3,(H2,8,9)/t6-/m0/s1. The Balaban J connectivity index is 2.18. The number of nitrogens with zero attached hydrogens (tertiary/aromatic N) is 1. The first-order chi connectivity index (χ1) is 5.18. The predicted octanol–water partition coefficient (Wildman–Crippen LogP) is 0.125. The smallest absolute Gasteiger partial charge is 0.282 e. The highest BCUT2D eigenvalue weighted by atomic mass is 16.5. The minimum atomic E-state index is 0.0948. The predicted molar refractivity (Wildman–Crippen MR) is 42.5 cm³/mol. The first kappa shape index (κ1) is 8.33. The minimum Gasteiger partial charge on any atom is -0.463 e.